The molecule has 0 saturated carbocycles. The van der Waals surface area contributed by atoms with Gasteiger partial charge in [0.05, 0.1) is 18.7 Å². The van der Waals surface area contributed by atoms with Crippen molar-refractivity contribution in [3.8, 4) is 5.75 Å². The van der Waals surface area contributed by atoms with Gasteiger partial charge >= 0.3 is 0 Å². The number of ether oxygens (including phenoxy) is 1. The van der Waals surface area contributed by atoms with Crippen molar-refractivity contribution < 1.29 is 23.8 Å². The molecule has 1 aliphatic rings. The van der Waals surface area contributed by atoms with Gasteiger partial charge in [-0.15, -0.1) is 0 Å². The lowest BCUT2D eigenvalue weighted by molar-refractivity contribution is -0.140. The van der Waals surface area contributed by atoms with Crippen molar-refractivity contribution in [2.45, 2.75) is 12.6 Å². The fourth-order valence-corrected chi connectivity index (χ4v) is 3.62. The van der Waals surface area contributed by atoms with Crippen molar-refractivity contribution in [1.29, 1.82) is 0 Å². The Bertz CT molecular complexity index is 1140. The van der Waals surface area contributed by atoms with Gasteiger partial charge in [0.1, 0.15) is 17.3 Å². The Balaban J connectivity index is 1.84. The second-order valence-corrected chi connectivity index (χ2v) is 7.06. The van der Waals surface area contributed by atoms with Gasteiger partial charge in [0.25, 0.3) is 11.7 Å². The molecule has 6 nitrogen and oxygen atoms in total. The molecule has 1 saturated heterocycles. The highest BCUT2D eigenvalue weighted by Gasteiger charge is 2.46. The van der Waals surface area contributed by atoms with Crippen molar-refractivity contribution in [2.24, 2.45) is 0 Å². The number of hydrogen-bond donors (Lipinski definition) is 1. The Labute approximate surface area is 178 Å². The number of methoxy groups -OCH3 is 1. The summed E-state index contributed by atoms with van der Waals surface area (Å²) in [4.78, 5) is 31.2. The van der Waals surface area contributed by atoms with E-state index in [9.17, 15) is 19.1 Å². The van der Waals surface area contributed by atoms with Crippen LogP contribution in [0.5, 0.6) is 5.75 Å². The molecule has 1 aliphatic heterocycles. The van der Waals surface area contributed by atoms with Crippen LogP contribution < -0.4 is 4.74 Å². The van der Waals surface area contributed by atoms with Gasteiger partial charge in [-0.2, -0.15) is 0 Å². The van der Waals surface area contributed by atoms with E-state index in [1.54, 1.807) is 48.8 Å². The van der Waals surface area contributed by atoms with Crippen molar-refractivity contribution in [2.75, 3.05) is 7.11 Å². The van der Waals surface area contributed by atoms with Crippen LogP contribution in [0, 0.1) is 5.82 Å². The molecule has 0 aliphatic carbocycles. The summed E-state index contributed by atoms with van der Waals surface area (Å²) in [6, 6.07) is 14.7. The van der Waals surface area contributed by atoms with Crippen LogP contribution in [0.1, 0.15) is 22.7 Å². The largest absolute Gasteiger partial charge is 0.507 e. The number of amides is 1. The quantitative estimate of drug-likeness (QED) is 0.387. The summed E-state index contributed by atoms with van der Waals surface area (Å²) in [5, 5.41) is 11.0. The van der Waals surface area contributed by atoms with Crippen molar-refractivity contribution in [1.82, 2.24) is 9.88 Å². The molecule has 1 amide bonds. The molecule has 31 heavy (non-hydrogen) atoms. The fourth-order valence-electron chi connectivity index (χ4n) is 3.62. The first kappa shape index (κ1) is 20.3. The molecule has 2 heterocycles. The molecule has 2 aromatic carbocycles. The second-order valence-electron chi connectivity index (χ2n) is 7.06. The number of rotatable bonds is 5. The number of Topliss-reactive ketones (excluding diaryl/α,β-unsaturated/α-hetero) is 1. The summed E-state index contributed by atoms with van der Waals surface area (Å²) in [5.41, 5.74) is 1.61. The Kier molecular flexibility index (Phi) is 5.49. The van der Waals surface area contributed by atoms with E-state index in [1.165, 1.54) is 36.3 Å². The average molecular weight is 418 g/mol. The Hall–Kier alpha value is -4.00. The molecule has 1 N–H and O–H groups in total. The molecule has 1 unspecified atom stereocenters. The minimum absolute atomic E-state index is 0.0455. The predicted molar refractivity (Wildman–Crippen MR) is 111 cm³/mol. The van der Waals surface area contributed by atoms with Gasteiger partial charge in [-0.25, -0.2) is 4.39 Å². The second kappa shape index (κ2) is 8.39. The first-order valence-corrected chi connectivity index (χ1v) is 9.57. The zero-order chi connectivity index (χ0) is 22.0. The number of carbonyl (C=O) groups is 2. The van der Waals surface area contributed by atoms with E-state index in [0.29, 0.717) is 16.9 Å². The van der Waals surface area contributed by atoms with E-state index in [2.05, 4.69) is 4.98 Å². The summed E-state index contributed by atoms with van der Waals surface area (Å²) < 4.78 is 18.7. The van der Waals surface area contributed by atoms with Crippen molar-refractivity contribution in [3.63, 3.8) is 0 Å². The zero-order valence-corrected chi connectivity index (χ0v) is 16.7. The SMILES string of the molecule is COc1ccc(/C(O)=C2\C(=O)C(=O)N(Cc3ccncc3)C2c2ccc(F)cc2)cc1. The van der Waals surface area contributed by atoms with E-state index in [1.807, 2.05) is 0 Å². The van der Waals surface area contributed by atoms with Gasteiger partial charge < -0.3 is 14.7 Å². The van der Waals surface area contributed by atoms with Gasteiger partial charge in [-0.3, -0.25) is 14.6 Å². The summed E-state index contributed by atoms with van der Waals surface area (Å²) in [7, 11) is 1.52. The molecule has 0 radical (unpaired) electrons. The lowest BCUT2D eigenvalue weighted by Gasteiger charge is -2.25. The average Bonchev–Trinajstić information content (AvgIpc) is 3.05. The maximum Gasteiger partial charge on any atom is 0.295 e. The topological polar surface area (TPSA) is 79.7 Å². The number of aromatic nitrogens is 1. The third-order valence-corrected chi connectivity index (χ3v) is 5.19. The van der Waals surface area contributed by atoms with Crippen LogP contribution in [0.3, 0.4) is 0 Å². The molecule has 156 valence electrons. The number of nitrogens with zero attached hydrogens (tertiary/aromatic N) is 2. The first-order chi connectivity index (χ1) is 15.0. The highest BCUT2D eigenvalue weighted by molar-refractivity contribution is 6.46. The van der Waals surface area contributed by atoms with E-state index < -0.39 is 23.5 Å². The molecule has 3 aromatic rings. The van der Waals surface area contributed by atoms with E-state index in [4.69, 9.17) is 4.74 Å². The Morgan fingerprint density at radius 2 is 1.68 bits per heavy atom. The van der Waals surface area contributed by atoms with Crippen LogP contribution in [0.2, 0.25) is 0 Å². The van der Waals surface area contributed by atoms with Gasteiger partial charge in [0.2, 0.25) is 0 Å². The highest BCUT2D eigenvalue weighted by Crippen LogP contribution is 2.40. The maximum atomic E-state index is 13.5. The summed E-state index contributed by atoms with van der Waals surface area (Å²) >= 11 is 0. The normalized spacial score (nSPS) is 17.7. The monoisotopic (exact) mass is 418 g/mol. The lowest BCUT2D eigenvalue weighted by atomic mass is 9.95. The smallest absolute Gasteiger partial charge is 0.295 e. The molecule has 0 bridgehead atoms. The number of carbonyl (C=O) groups excluding carboxylic acids is 2. The van der Waals surface area contributed by atoms with Gasteiger partial charge in [-0.05, 0) is 59.7 Å². The first-order valence-electron chi connectivity index (χ1n) is 9.57. The van der Waals surface area contributed by atoms with Crippen LogP contribution in [-0.4, -0.2) is 33.8 Å². The summed E-state index contributed by atoms with van der Waals surface area (Å²) in [6.07, 6.45) is 3.19. The third-order valence-electron chi connectivity index (χ3n) is 5.19. The maximum absolute atomic E-state index is 13.5. The number of pyridine rings is 1. The number of benzene rings is 2. The summed E-state index contributed by atoms with van der Waals surface area (Å²) in [6.45, 7) is 0.133. The molecule has 1 aromatic heterocycles. The predicted octanol–water partition coefficient (Wildman–Crippen LogP) is 3.85. The molecular formula is C24H19FN2O4. The number of likely N-dealkylation sites (tertiary alicyclic amines) is 1. The van der Waals surface area contributed by atoms with Crippen LogP contribution in [-0.2, 0) is 16.1 Å². The zero-order valence-electron chi connectivity index (χ0n) is 16.7. The fraction of sp³-hybridized carbons (Fsp3) is 0.125. The molecule has 4 rings (SSSR count). The van der Waals surface area contributed by atoms with Crippen molar-refractivity contribution >= 4 is 17.4 Å². The number of halogens is 1. The van der Waals surface area contributed by atoms with Crippen LogP contribution in [0.25, 0.3) is 5.76 Å². The molecule has 1 fully saturated rings. The number of ketones is 1. The standard InChI is InChI=1S/C24H19FN2O4/c1-31-19-8-4-17(5-9-19)22(28)20-21(16-2-6-18(25)7-3-16)27(24(30)23(20)29)14-15-10-12-26-13-11-15/h2-13,21,28H,14H2,1H3/b22-20+. The molecule has 0 spiro atoms. The van der Waals surface area contributed by atoms with Gasteiger partial charge in [-0.1, -0.05) is 12.1 Å². The molecule has 1 atom stereocenters. The van der Waals surface area contributed by atoms with E-state index in [0.717, 1.165) is 5.56 Å². The van der Waals surface area contributed by atoms with Crippen molar-refractivity contribution in [3.05, 3.63) is 101 Å². The van der Waals surface area contributed by atoms with Gasteiger partial charge in [0.15, 0.2) is 0 Å². The minimum Gasteiger partial charge on any atom is -0.507 e. The number of hydrogen-bond acceptors (Lipinski definition) is 5. The van der Waals surface area contributed by atoms with E-state index in [-0.39, 0.29) is 17.9 Å². The highest BCUT2D eigenvalue weighted by atomic mass is 19.1. The van der Waals surface area contributed by atoms with Crippen LogP contribution in [0.4, 0.5) is 4.39 Å². The minimum atomic E-state index is -0.865. The lowest BCUT2D eigenvalue weighted by Crippen LogP contribution is -2.29. The summed E-state index contributed by atoms with van der Waals surface area (Å²) in [5.74, 6) is -1.68. The number of aliphatic hydroxyl groups is 1. The third kappa shape index (κ3) is 3.90. The number of aliphatic hydroxyl groups excluding tert-OH is 1. The molecular weight excluding hydrogens is 399 g/mol. The van der Waals surface area contributed by atoms with E-state index >= 15 is 0 Å². The van der Waals surface area contributed by atoms with Crippen LogP contribution >= 0.6 is 0 Å². The van der Waals surface area contributed by atoms with Gasteiger partial charge in [0, 0.05) is 24.5 Å². The Morgan fingerprint density at radius 1 is 1.03 bits per heavy atom. The molecule has 7 heteroatoms. The Morgan fingerprint density at radius 3 is 2.29 bits per heavy atom. The van der Waals surface area contributed by atoms with Crippen LogP contribution in [0.15, 0.2) is 78.6 Å².